The molecular formula is C6H8Cl2FNS. The van der Waals surface area contributed by atoms with Gasteiger partial charge in [0.1, 0.15) is 6.01 Å². The molecule has 64 valence electrons. The lowest BCUT2D eigenvalue weighted by atomic mass is 10.5. The molecule has 1 aromatic rings. The van der Waals surface area contributed by atoms with E-state index in [9.17, 15) is 4.39 Å². The van der Waals surface area contributed by atoms with Crippen LogP contribution >= 0.6 is 29.8 Å². The van der Waals surface area contributed by atoms with E-state index in [0.29, 0.717) is 4.90 Å². The van der Waals surface area contributed by atoms with Gasteiger partial charge < -0.3 is 4.98 Å². The minimum atomic E-state index is -2.24. The molecule has 0 unspecified atom stereocenters. The van der Waals surface area contributed by atoms with Crippen LogP contribution in [0.2, 0.25) is 0 Å². The Bertz CT molecular complexity index is 248. The van der Waals surface area contributed by atoms with Gasteiger partial charge in [-0.2, -0.15) is 0 Å². The summed E-state index contributed by atoms with van der Waals surface area (Å²) in [4.78, 5) is 3.58. The summed E-state index contributed by atoms with van der Waals surface area (Å²) in [5.74, 6) is 0. The summed E-state index contributed by atoms with van der Waals surface area (Å²) in [6.07, 6.45) is 1.70. The molecule has 0 fully saturated rings. The van der Waals surface area contributed by atoms with Crippen molar-refractivity contribution in [3.05, 3.63) is 18.0 Å². The third kappa shape index (κ3) is 1.83. The molecule has 0 saturated heterocycles. The van der Waals surface area contributed by atoms with Crippen LogP contribution in [-0.4, -0.2) is 11.0 Å². The number of H-pyrrole nitrogens is 1. The number of aryl methyl sites for hydroxylation is 1. The molecule has 1 nitrogen and oxygen atoms in total. The Morgan fingerprint density at radius 3 is 2.64 bits per heavy atom. The van der Waals surface area contributed by atoms with Gasteiger partial charge in [-0.3, -0.25) is 0 Å². The number of alkyl halides is 1. The minimum Gasteiger partial charge on any atom is -0.364 e. The van der Waals surface area contributed by atoms with Crippen LogP contribution in [0, 0.1) is 6.92 Å². The van der Waals surface area contributed by atoms with Crippen LogP contribution < -0.4 is 0 Å². The van der Waals surface area contributed by atoms with Gasteiger partial charge in [0.05, 0.1) is 0 Å². The molecule has 0 aromatic carbocycles. The number of rotatable bonds is 2. The summed E-state index contributed by atoms with van der Waals surface area (Å²) in [5.41, 5.74) is 0.836. The van der Waals surface area contributed by atoms with Crippen molar-refractivity contribution in [2.24, 2.45) is 0 Å². The van der Waals surface area contributed by atoms with Crippen molar-refractivity contribution >= 4 is 29.8 Å². The Hall–Kier alpha value is 0.140. The molecule has 11 heavy (non-hydrogen) atoms. The van der Waals surface area contributed by atoms with E-state index in [2.05, 4.69) is 4.98 Å². The summed E-state index contributed by atoms with van der Waals surface area (Å²) in [6, 6.07) is 1.01. The maximum atomic E-state index is 12.3. The number of aromatic nitrogens is 1. The van der Waals surface area contributed by atoms with Crippen molar-refractivity contribution in [3.63, 3.8) is 0 Å². The molecule has 0 aliphatic carbocycles. The van der Waals surface area contributed by atoms with Crippen molar-refractivity contribution in [2.75, 3.05) is 6.01 Å². The highest BCUT2D eigenvalue weighted by Gasteiger charge is 2.22. The first kappa shape index (κ1) is 9.23. The van der Waals surface area contributed by atoms with Crippen molar-refractivity contribution in [1.29, 1.82) is 0 Å². The molecule has 0 spiro atoms. The van der Waals surface area contributed by atoms with E-state index in [1.807, 2.05) is 6.92 Å². The van der Waals surface area contributed by atoms with Crippen LogP contribution in [0.1, 0.15) is 5.69 Å². The molecule has 0 aliphatic rings. The maximum absolute atomic E-state index is 12.3. The summed E-state index contributed by atoms with van der Waals surface area (Å²) in [7, 11) is 9.25. The summed E-state index contributed by atoms with van der Waals surface area (Å²) < 4.78 is 12.3. The van der Waals surface area contributed by atoms with Gasteiger partial charge in [0, 0.05) is 16.8 Å². The van der Waals surface area contributed by atoms with Crippen molar-refractivity contribution < 1.29 is 4.39 Å². The second-order valence-electron chi connectivity index (χ2n) is 2.15. The number of hydrogen-bond donors (Lipinski definition) is 1. The topological polar surface area (TPSA) is 15.8 Å². The first-order chi connectivity index (χ1) is 5.08. The second-order valence-corrected chi connectivity index (χ2v) is 7.59. The summed E-state index contributed by atoms with van der Waals surface area (Å²) >= 11 is 0. The van der Waals surface area contributed by atoms with Crippen LogP contribution in [0.4, 0.5) is 4.39 Å². The molecule has 0 saturated carbocycles. The monoisotopic (exact) mass is 215 g/mol. The van der Waals surface area contributed by atoms with Gasteiger partial charge >= 0.3 is 0 Å². The molecule has 1 rings (SSSR count). The predicted molar refractivity (Wildman–Crippen MR) is 49.1 cm³/mol. The lowest BCUT2D eigenvalue weighted by molar-refractivity contribution is 0.603. The average Bonchev–Trinajstić information content (AvgIpc) is 2.36. The fourth-order valence-electron chi connectivity index (χ4n) is 0.821. The molecule has 0 amide bonds. The Labute approximate surface area is 75.2 Å². The lowest BCUT2D eigenvalue weighted by Gasteiger charge is -2.19. The average molecular weight is 216 g/mol. The maximum Gasteiger partial charge on any atom is 0.148 e. The zero-order chi connectivity index (χ0) is 8.48. The van der Waals surface area contributed by atoms with E-state index in [1.165, 1.54) is 0 Å². The number of nitrogens with one attached hydrogen (secondary N) is 1. The third-order valence-electron chi connectivity index (χ3n) is 1.36. The second kappa shape index (κ2) is 3.25. The van der Waals surface area contributed by atoms with E-state index in [0.717, 1.165) is 5.69 Å². The van der Waals surface area contributed by atoms with Crippen LogP contribution in [-0.2, 0) is 0 Å². The van der Waals surface area contributed by atoms with Crippen LogP contribution in [0.5, 0.6) is 0 Å². The largest absolute Gasteiger partial charge is 0.364 e. The zero-order valence-corrected chi connectivity index (χ0v) is 8.23. The Morgan fingerprint density at radius 1 is 1.64 bits per heavy atom. The Kier molecular flexibility index (Phi) is 2.73. The van der Waals surface area contributed by atoms with Gasteiger partial charge in [-0.15, -0.1) is 0 Å². The van der Waals surface area contributed by atoms with Gasteiger partial charge in [-0.05, 0) is 42.8 Å². The zero-order valence-electron chi connectivity index (χ0n) is 5.90. The Morgan fingerprint density at radius 2 is 2.27 bits per heavy atom. The van der Waals surface area contributed by atoms with E-state index >= 15 is 0 Å². The van der Waals surface area contributed by atoms with E-state index in [4.69, 9.17) is 21.4 Å². The first-order valence-corrected chi connectivity index (χ1v) is 6.43. The molecule has 1 heterocycles. The molecule has 0 atom stereocenters. The van der Waals surface area contributed by atoms with Crippen LogP contribution in [0.3, 0.4) is 0 Å². The van der Waals surface area contributed by atoms with E-state index in [1.54, 1.807) is 12.3 Å². The fourth-order valence-corrected chi connectivity index (χ4v) is 2.72. The highest BCUT2D eigenvalue weighted by atomic mass is 36.0. The van der Waals surface area contributed by atoms with E-state index in [-0.39, 0.29) is 0 Å². The van der Waals surface area contributed by atoms with Crippen molar-refractivity contribution in [3.8, 4) is 0 Å². The van der Waals surface area contributed by atoms with Gasteiger partial charge in [-0.25, -0.2) is 4.39 Å². The molecular weight excluding hydrogens is 208 g/mol. The molecule has 0 bridgehead atoms. The van der Waals surface area contributed by atoms with Gasteiger partial charge in [0.25, 0.3) is 0 Å². The van der Waals surface area contributed by atoms with Gasteiger partial charge in [0.15, 0.2) is 0 Å². The normalized spacial score (nSPS) is 13.5. The molecule has 1 aromatic heterocycles. The molecule has 5 heteroatoms. The highest BCUT2D eigenvalue weighted by Crippen LogP contribution is 2.65. The SMILES string of the molecule is Cc1[nH]ccc1S(Cl)(Cl)CF. The predicted octanol–water partition coefficient (Wildman–Crippen LogP) is 3.72. The first-order valence-electron chi connectivity index (χ1n) is 2.98. The van der Waals surface area contributed by atoms with E-state index < -0.39 is 14.5 Å². The number of hydrogen-bond acceptors (Lipinski definition) is 0. The number of aromatic amines is 1. The third-order valence-corrected chi connectivity index (χ3v) is 4.22. The summed E-state index contributed by atoms with van der Waals surface area (Å²) in [5, 5.41) is 0. The molecule has 0 radical (unpaired) electrons. The summed E-state index contributed by atoms with van der Waals surface area (Å²) in [6.45, 7) is 1.82. The van der Waals surface area contributed by atoms with Gasteiger partial charge in [0.2, 0.25) is 0 Å². The molecule has 0 aliphatic heterocycles. The van der Waals surface area contributed by atoms with Crippen molar-refractivity contribution in [1.82, 2.24) is 4.98 Å². The fraction of sp³-hybridized carbons (Fsp3) is 0.333. The number of halogens is 3. The lowest BCUT2D eigenvalue weighted by Crippen LogP contribution is -1.86. The van der Waals surface area contributed by atoms with Gasteiger partial charge in [-0.1, -0.05) is 0 Å². The smallest absolute Gasteiger partial charge is 0.148 e. The quantitative estimate of drug-likeness (QED) is 0.775. The minimum absolute atomic E-state index is 0.684. The van der Waals surface area contributed by atoms with Crippen LogP contribution in [0.15, 0.2) is 17.2 Å². The Balaban J connectivity index is 3.00. The van der Waals surface area contributed by atoms with Crippen molar-refractivity contribution in [2.45, 2.75) is 11.8 Å². The van der Waals surface area contributed by atoms with Crippen LogP contribution in [0.25, 0.3) is 0 Å². The standard InChI is InChI=1S/C6H8Cl2FNS/c1-5-6(2-3-10-5)11(7,8)4-9/h2-3,10H,4H2,1H3. The molecule has 1 N–H and O–H groups in total. The highest BCUT2D eigenvalue weighted by molar-refractivity contribution is 8.65.